The molecule has 4 rings (SSSR count). The summed E-state index contributed by atoms with van der Waals surface area (Å²) in [7, 11) is 0. The van der Waals surface area contributed by atoms with Crippen molar-refractivity contribution in [2.75, 3.05) is 18.5 Å². The summed E-state index contributed by atoms with van der Waals surface area (Å²) in [6.07, 6.45) is 12.2. The number of nitrogens with two attached hydrogens (primary N) is 1. The van der Waals surface area contributed by atoms with E-state index in [-0.39, 0.29) is 24.6 Å². The number of aryl methyl sites for hydroxylation is 1. The van der Waals surface area contributed by atoms with E-state index in [9.17, 15) is 14.4 Å². The number of ether oxygens (including phenoxy) is 2. The van der Waals surface area contributed by atoms with Gasteiger partial charge in [0.05, 0.1) is 53.7 Å². The van der Waals surface area contributed by atoms with Crippen LogP contribution in [-0.2, 0) is 9.47 Å². The number of anilines is 2. The third kappa shape index (κ3) is 7.40. The zero-order valence-corrected chi connectivity index (χ0v) is 30.5. The molecule has 1 aromatic carbocycles. The number of carbonyl (C=O) groups excluding carboxylic acids is 3. The van der Waals surface area contributed by atoms with Gasteiger partial charge in [0, 0.05) is 28.2 Å². The number of benzene rings is 1. The SMILES string of the molecule is C#C/C(NC(C)n1c(C)c(C(=O)OCC)c(-c2cc(C(C)=O)cc(Nc3nncc4cc(C(=O)OCC)c(C)n34)c2C)c1/C=N\N)=C(C)\C=C/C. The van der Waals surface area contributed by atoms with Crippen LogP contribution in [0.25, 0.3) is 16.6 Å². The van der Waals surface area contributed by atoms with Crippen molar-refractivity contribution < 1.29 is 23.9 Å². The number of fused-ring (bicyclic) bond motifs is 1. The van der Waals surface area contributed by atoms with Crippen molar-refractivity contribution in [1.29, 1.82) is 0 Å². The molecular formula is C38H44N8O5. The standard InChI is InChI=1S/C38H44N8O5/c1-11-15-21(5)31(12-2)42-26(10)45-24(8)34(37(49)51-14-4)35(33(45)20-40-39)29-16-27(25(9)47)17-32(22(29)6)43-38-44-41-19-28-18-30(23(7)46(28)38)36(48)50-13-3/h2,11,15-20,26,42H,13-14,39H2,1,3-10H3,(H,43,44)/b15-11-,31-21+,40-20-. The maximum atomic E-state index is 13.8. The van der Waals surface area contributed by atoms with Gasteiger partial charge in [-0.15, -0.1) is 11.5 Å². The first-order chi connectivity index (χ1) is 24.3. The minimum atomic E-state index is -0.562. The molecule has 51 heavy (non-hydrogen) atoms. The molecule has 13 heteroatoms. The van der Waals surface area contributed by atoms with Crippen molar-refractivity contribution in [3.05, 3.63) is 87.2 Å². The number of ketones is 1. The van der Waals surface area contributed by atoms with Gasteiger partial charge in [0.25, 0.3) is 0 Å². The molecule has 0 saturated carbocycles. The fourth-order valence-electron chi connectivity index (χ4n) is 6.15. The fourth-order valence-corrected chi connectivity index (χ4v) is 6.15. The second kappa shape index (κ2) is 16.0. The minimum Gasteiger partial charge on any atom is -0.462 e. The molecule has 0 aliphatic rings. The van der Waals surface area contributed by atoms with Gasteiger partial charge >= 0.3 is 11.9 Å². The Morgan fingerprint density at radius 1 is 1.08 bits per heavy atom. The lowest BCUT2D eigenvalue weighted by molar-refractivity contribution is 0.0516. The van der Waals surface area contributed by atoms with E-state index in [1.165, 1.54) is 19.3 Å². The monoisotopic (exact) mass is 692 g/mol. The lowest BCUT2D eigenvalue weighted by Gasteiger charge is -2.22. The van der Waals surface area contributed by atoms with Crippen molar-refractivity contribution in [1.82, 2.24) is 24.5 Å². The van der Waals surface area contributed by atoms with Gasteiger partial charge in [-0.3, -0.25) is 9.20 Å². The van der Waals surface area contributed by atoms with E-state index in [2.05, 4.69) is 31.9 Å². The fraction of sp³-hybridized carbons (Fsp3) is 0.316. The minimum absolute atomic E-state index is 0.134. The summed E-state index contributed by atoms with van der Waals surface area (Å²) in [5, 5.41) is 19.1. The molecule has 0 saturated heterocycles. The highest BCUT2D eigenvalue weighted by atomic mass is 16.5. The normalized spacial score (nSPS) is 12.5. The molecule has 3 aromatic heterocycles. The zero-order valence-electron chi connectivity index (χ0n) is 30.5. The molecule has 4 aromatic rings. The van der Waals surface area contributed by atoms with Crippen LogP contribution in [0, 0.1) is 33.1 Å². The summed E-state index contributed by atoms with van der Waals surface area (Å²) >= 11 is 0. The van der Waals surface area contributed by atoms with E-state index >= 15 is 0 Å². The van der Waals surface area contributed by atoms with Gasteiger partial charge in [-0.05, 0) is 97.2 Å². The summed E-state index contributed by atoms with van der Waals surface area (Å²) in [5.41, 5.74) is 6.83. The lowest BCUT2D eigenvalue weighted by atomic mass is 9.92. The summed E-state index contributed by atoms with van der Waals surface area (Å²) in [5.74, 6) is 7.56. The first kappa shape index (κ1) is 37.7. The average molecular weight is 693 g/mol. The Labute approximate surface area is 297 Å². The van der Waals surface area contributed by atoms with Gasteiger partial charge in [-0.1, -0.05) is 18.1 Å². The number of carbonyl (C=O) groups is 3. The molecule has 13 nitrogen and oxygen atoms in total. The second-order valence-electron chi connectivity index (χ2n) is 11.8. The van der Waals surface area contributed by atoms with Crippen LogP contribution in [0.2, 0.25) is 0 Å². The zero-order chi connectivity index (χ0) is 37.6. The first-order valence-electron chi connectivity index (χ1n) is 16.5. The Morgan fingerprint density at radius 3 is 2.37 bits per heavy atom. The van der Waals surface area contributed by atoms with E-state index in [1.54, 1.807) is 50.3 Å². The Hall–Kier alpha value is -6.16. The third-order valence-corrected chi connectivity index (χ3v) is 8.52. The second-order valence-corrected chi connectivity index (χ2v) is 11.8. The molecule has 1 atom stereocenters. The van der Waals surface area contributed by atoms with Crippen molar-refractivity contribution in [3.8, 4) is 23.5 Å². The Balaban J connectivity index is 2.03. The molecule has 0 spiro atoms. The number of hydrogen-bond acceptors (Lipinski definition) is 11. The molecular weight excluding hydrogens is 648 g/mol. The quantitative estimate of drug-likeness (QED) is 0.0275. The summed E-state index contributed by atoms with van der Waals surface area (Å²) in [6.45, 7) is 16.4. The Bertz CT molecular complexity index is 2140. The van der Waals surface area contributed by atoms with Crippen LogP contribution in [0.3, 0.4) is 0 Å². The van der Waals surface area contributed by atoms with Crippen LogP contribution >= 0.6 is 0 Å². The van der Waals surface area contributed by atoms with Crippen LogP contribution in [0.5, 0.6) is 0 Å². The van der Waals surface area contributed by atoms with Crippen molar-refractivity contribution >= 4 is 41.1 Å². The van der Waals surface area contributed by atoms with Crippen molar-refractivity contribution in [2.45, 2.75) is 68.5 Å². The van der Waals surface area contributed by atoms with Crippen LogP contribution < -0.4 is 16.5 Å². The topological polar surface area (TPSA) is 167 Å². The molecule has 266 valence electrons. The highest BCUT2D eigenvalue weighted by Crippen LogP contribution is 2.40. The maximum absolute atomic E-state index is 13.8. The number of esters is 2. The third-order valence-electron chi connectivity index (χ3n) is 8.52. The van der Waals surface area contributed by atoms with Crippen LogP contribution in [0.15, 0.2) is 52.9 Å². The predicted molar refractivity (Wildman–Crippen MR) is 198 cm³/mol. The Morgan fingerprint density at radius 2 is 1.76 bits per heavy atom. The van der Waals surface area contributed by atoms with E-state index in [0.717, 1.165) is 5.57 Å². The molecule has 1 unspecified atom stereocenters. The maximum Gasteiger partial charge on any atom is 0.340 e. The van der Waals surface area contributed by atoms with E-state index in [4.69, 9.17) is 21.7 Å². The number of hydrogen-bond donors (Lipinski definition) is 3. The van der Waals surface area contributed by atoms with Gasteiger partial charge in [0.2, 0.25) is 5.95 Å². The van der Waals surface area contributed by atoms with Crippen LogP contribution in [0.1, 0.15) is 101 Å². The summed E-state index contributed by atoms with van der Waals surface area (Å²) in [6, 6.07) is 5.12. The van der Waals surface area contributed by atoms with Gasteiger partial charge in [0.15, 0.2) is 5.78 Å². The molecule has 0 aliphatic heterocycles. The van der Waals surface area contributed by atoms with E-state index < -0.39 is 18.1 Å². The van der Waals surface area contributed by atoms with Gasteiger partial charge in [-0.2, -0.15) is 10.2 Å². The number of Topliss-reactive ketones (excluding diaryl/α,β-unsaturated/α-hetero) is 1. The lowest BCUT2D eigenvalue weighted by Crippen LogP contribution is -2.26. The molecule has 0 fully saturated rings. The number of nitrogens with zero attached hydrogens (tertiary/aromatic N) is 5. The largest absolute Gasteiger partial charge is 0.462 e. The van der Waals surface area contributed by atoms with Crippen molar-refractivity contribution in [2.24, 2.45) is 10.9 Å². The van der Waals surface area contributed by atoms with E-state index in [0.29, 0.717) is 67.7 Å². The summed E-state index contributed by atoms with van der Waals surface area (Å²) in [4.78, 5) is 39.5. The number of hydrazone groups is 1. The smallest absolute Gasteiger partial charge is 0.340 e. The summed E-state index contributed by atoms with van der Waals surface area (Å²) < 4.78 is 14.4. The molecule has 0 aliphatic carbocycles. The first-order valence-corrected chi connectivity index (χ1v) is 16.5. The molecule has 3 heterocycles. The van der Waals surface area contributed by atoms with Gasteiger partial charge < -0.3 is 30.5 Å². The molecule has 0 amide bonds. The highest BCUT2D eigenvalue weighted by molar-refractivity contribution is 6.07. The van der Waals surface area contributed by atoms with Crippen LogP contribution in [0.4, 0.5) is 11.6 Å². The number of nitrogens with one attached hydrogen (secondary N) is 2. The van der Waals surface area contributed by atoms with Crippen LogP contribution in [-0.4, -0.2) is 56.3 Å². The number of terminal acetylenes is 1. The highest BCUT2D eigenvalue weighted by Gasteiger charge is 2.31. The van der Waals surface area contributed by atoms with E-state index in [1.807, 2.05) is 44.4 Å². The molecule has 0 radical (unpaired) electrons. The number of allylic oxidation sites excluding steroid dienone is 4. The van der Waals surface area contributed by atoms with Gasteiger partial charge in [-0.25, -0.2) is 9.59 Å². The average Bonchev–Trinajstić information content (AvgIpc) is 3.58. The number of rotatable bonds is 13. The molecule has 4 N–H and O–H groups in total. The Kier molecular flexibility index (Phi) is 11.8. The predicted octanol–water partition coefficient (Wildman–Crippen LogP) is 6.31. The van der Waals surface area contributed by atoms with Gasteiger partial charge in [0.1, 0.15) is 6.17 Å². The number of aromatic nitrogens is 4. The molecule has 0 bridgehead atoms. The van der Waals surface area contributed by atoms with Crippen molar-refractivity contribution in [3.63, 3.8) is 0 Å².